The molecule has 1 aromatic rings. The Morgan fingerprint density at radius 1 is 1.30 bits per heavy atom. The van der Waals surface area contributed by atoms with E-state index in [0.29, 0.717) is 17.7 Å². The van der Waals surface area contributed by atoms with E-state index in [0.717, 1.165) is 19.5 Å². The van der Waals surface area contributed by atoms with Gasteiger partial charge >= 0.3 is 0 Å². The average Bonchev–Trinajstić information content (AvgIpc) is 2.63. The largest absolute Gasteiger partial charge is 0.508 e. The quantitative estimate of drug-likeness (QED) is 0.863. The predicted molar refractivity (Wildman–Crippen MR) is 93.6 cm³/mol. The van der Waals surface area contributed by atoms with Crippen LogP contribution >= 0.6 is 0 Å². The number of fused-ring (bicyclic) bond motifs is 1. The molecule has 3 heteroatoms. The topological polar surface area (TPSA) is 26.7 Å². The minimum absolute atomic E-state index is 0.244. The highest BCUT2D eigenvalue weighted by molar-refractivity contribution is 5.45. The molecule has 4 rings (SSSR count). The van der Waals surface area contributed by atoms with Crippen LogP contribution in [0.5, 0.6) is 5.75 Å². The van der Waals surface area contributed by atoms with Crippen molar-refractivity contribution in [1.29, 1.82) is 0 Å². The van der Waals surface area contributed by atoms with Gasteiger partial charge in [-0.1, -0.05) is 12.6 Å². The van der Waals surface area contributed by atoms with Crippen molar-refractivity contribution in [2.24, 2.45) is 5.92 Å². The lowest BCUT2D eigenvalue weighted by Crippen LogP contribution is -2.58. The summed E-state index contributed by atoms with van der Waals surface area (Å²) in [7, 11) is 2.30. The Morgan fingerprint density at radius 3 is 2.91 bits per heavy atom. The molecule has 2 aliphatic heterocycles. The van der Waals surface area contributed by atoms with E-state index in [4.69, 9.17) is 0 Å². The van der Waals surface area contributed by atoms with Crippen molar-refractivity contribution >= 4 is 0 Å². The Labute approximate surface area is 139 Å². The fourth-order valence-electron chi connectivity index (χ4n) is 5.49. The molecule has 2 saturated heterocycles. The number of benzene rings is 1. The zero-order chi connectivity index (χ0) is 16.2. The number of nitrogens with zero attached hydrogens (tertiary/aromatic N) is 2. The van der Waals surface area contributed by atoms with E-state index in [1.807, 2.05) is 6.07 Å². The summed E-state index contributed by atoms with van der Waals surface area (Å²) >= 11 is 0. The molecule has 2 fully saturated rings. The molecular weight excluding hydrogens is 284 g/mol. The Bertz CT molecular complexity index is 641. The second kappa shape index (κ2) is 5.27. The highest BCUT2D eigenvalue weighted by atomic mass is 16.3. The third-order valence-corrected chi connectivity index (χ3v) is 6.72. The van der Waals surface area contributed by atoms with Crippen molar-refractivity contribution in [2.45, 2.75) is 44.1 Å². The van der Waals surface area contributed by atoms with Gasteiger partial charge in [0.2, 0.25) is 0 Å². The van der Waals surface area contributed by atoms with Gasteiger partial charge in [-0.15, -0.1) is 0 Å². The maximum absolute atomic E-state index is 10.1. The average molecular weight is 312 g/mol. The zero-order valence-electron chi connectivity index (χ0n) is 14.4. The third-order valence-electron chi connectivity index (χ3n) is 6.72. The zero-order valence-corrected chi connectivity index (χ0v) is 14.4. The second-order valence-corrected chi connectivity index (χ2v) is 7.89. The maximum Gasteiger partial charge on any atom is 0.115 e. The smallest absolute Gasteiger partial charge is 0.115 e. The van der Waals surface area contributed by atoms with Gasteiger partial charge in [-0.25, -0.2) is 0 Å². The molecule has 0 amide bonds. The molecule has 0 radical (unpaired) electrons. The molecule has 2 bridgehead atoms. The number of phenolic OH excluding ortho intramolecular Hbond substituents is 1. The van der Waals surface area contributed by atoms with Crippen LogP contribution in [0.4, 0.5) is 0 Å². The summed E-state index contributed by atoms with van der Waals surface area (Å²) in [4.78, 5) is 5.06. The Balaban J connectivity index is 1.85. The lowest BCUT2D eigenvalue weighted by Gasteiger charge is -2.55. The van der Waals surface area contributed by atoms with Crippen LogP contribution in [0.15, 0.2) is 30.5 Å². The summed E-state index contributed by atoms with van der Waals surface area (Å²) in [5.74, 6) is 1.06. The first kappa shape index (κ1) is 15.1. The van der Waals surface area contributed by atoms with Crippen molar-refractivity contribution < 1.29 is 5.11 Å². The summed E-state index contributed by atoms with van der Waals surface area (Å²) in [5.41, 5.74) is 4.34. The van der Waals surface area contributed by atoms with Crippen LogP contribution in [0.25, 0.3) is 0 Å². The van der Waals surface area contributed by atoms with Gasteiger partial charge in [0.25, 0.3) is 0 Å². The molecule has 3 aliphatic rings. The van der Waals surface area contributed by atoms with Crippen LogP contribution in [0.2, 0.25) is 0 Å². The molecule has 23 heavy (non-hydrogen) atoms. The molecule has 3 atom stereocenters. The maximum atomic E-state index is 10.1. The molecule has 0 aromatic heterocycles. The van der Waals surface area contributed by atoms with Crippen LogP contribution in [-0.4, -0.2) is 47.6 Å². The van der Waals surface area contributed by atoms with Crippen LogP contribution in [0.1, 0.15) is 37.3 Å². The van der Waals surface area contributed by atoms with Gasteiger partial charge in [0.05, 0.1) is 0 Å². The fourth-order valence-corrected chi connectivity index (χ4v) is 5.49. The molecule has 2 heterocycles. The van der Waals surface area contributed by atoms with Crippen molar-refractivity contribution in [1.82, 2.24) is 9.80 Å². The number of piperidine rings is 1. The molecule has 124 valence electrons. The van der Waals surface area contributed by atoms with Crippen molar-refractivity contribution in [3.8, 4) is 5.75 Å². The number of rotatable bonds is 1. The van der Waals surface area contributed by atoms with E-state index >= 15 is 0 Å². The predicted octanol–water partition coefficient (Wildman–Crippen LogP) is 3.14. The van der Waals surface area contributed by atoms with Gasteiger partial charge in [-0.05, 0) is 69.5 Å². The summed E-state index contributed by atoms with van der Waals surface area (Å²) in [6, 6.07) is 6.71. The molecule has 0 saturated carbocycles. The monoisotopic (exact) mass is 312 g/mol. The highest BCUT2D eigenvalue weighted by Crippen LogP contribution is 2.53. The summed E-state index contributed by atoms with van der Waals surface area (Å²) in [6.07, 6.45) is 4.80. The first-order valence-electron chi connectivity index (χ1n) is 8.94. The number of hydrogen-bond acceptors (Lipinski definition) is 3. The minimum Gasteiger partial charge on any atom is -0.508 e. The van der Waals surface area contributed by atoms with E-state index in [9.17, 15) is 5.11 Å². The van der Waals surface area contributed by atoms with Gasteiger partial charge in [-0.3, -0.25) is 0 Å². The number of hydrogen-bond donors (Lipinski definition) is 1. The normalized spacial score (nSPS) is 33.6. The molecule has 1 N–H and O–H groups in total. The summed E-state index contributed by atoms with van der Waals surface area (Å²) in [6.45, 7) is 9.71. The van der Waals surface area contributed by atoms with Gasteiger partial charge in [0, 0.05) is 36.2 Å². The fraction of sp³-hybridized carbons (Fsp3) is 0.600. The highest BCUT2D eigenvalue weighted by Gasteiger charge is 2.53. The van der Waals surface area contributed by atoms with Crippen LogP contribution in [0, 0.1) is 5.92 Å². The molecule has 0 unspecified atom stereocenters. The first-order valence-corrected chi connectivity index (χ1v) is 8.94. The molecular formula is C20H28N2O. The van der Waals surface area contributed by atoms with E-state index < -0.39 is 0 Å². The second-order valence-electron chi connectivity index (χ2n) is 7.89. The lowest BCUT2D eigenvalue weighted by atomic mass is 9.56. The van der Waals surface area contributed by atoms with Gasteiger partial charge in [-0.2, -0.15) is 0 Å². The minimum atomic E-state index is 0.244. The summed E-state index contributed by atoms with van der Waals surface area (Å²) in [5, 5.41) is 10.1. The van der Waals surface area contributed by atoms with Crippen LogP contribution in [0.3, 0.4) is 0 Å². The Morgan fingerprint density at radius 2 is 2.13 bits per heavy atom. The summed E-state index contributed by atoms with van der Waals surface area (Å²) < 4.78 is 0. The molecule has 3 nitrogen and oxygen atoms in total. The number of allylic oxidation sites excluding steroid dienone is 1. The van der Waals surface area contributed by atoms with Crippen molar-refractivity contribution in [2.75, 3.05) is 26.7 Å². The van der Waals surface area contributed by atoms with Crippen molar-refractivity contribution in [3.05, 3.63) is 41.6 Å². The number of likely N-dealkylation sites (N-methyl/N-ethyl adjacent to an activating group) is 1. The van der Waals surface area contributed by atoms with E-state index in [-0.39, 0.29) is 5.41 Å². The van der Waals surface area contributed by atoms with Crippen LogP contribution < -0.4 is 0 Å². The number of aromatic hydroxyl groups is 1. The lowest BCUT2D eigenvalue weighted by molar-refractivity contribution is 0.0462. The molecule has 1 aliphatic carbocycles. The Hall–Kier alpha value is -1.48. The van der Waals surface area contributed by atoms with Gasteiger partial charge in [0.15, 0.2) is 0 Å². The van der Waals surface area contributed by atoms with Gasteiger partial charge < -0.3 is 14.9 Å². The van der Waals surface area contributed by atoms with Gasteiger partial charge in [0.1, 0.15) is 5.75 Å². The first-order chi connectivity index (χ1) is 11.0. The third kappa shape index (κ3) is 2.20. The van der Waals surface area contributed by atoms with Crippen LogP contribution in [-0.2, 0) is 11.8 Å². The van der Waals surface area contributed by atoms with Crippen molar-refractivity contribution in [3.63, 3.8) is 0 Å². The molecule has 0 spiro atoms. The number of phenols is 1. The number of likely N-dealkylation sites (tertiary alicyclic amines) is 2. The SMILES string of the molecule is C=C(C)N1CC[C@]23CCCN(C)[C@H](Cc4ccc(O)cc42)[C@@H]3C1. The Kier molecular flexibility index (Phi) is 3.45. The van der Waals surface area contributed by atoms with E-state index in [1.54, 1.807) is 0 Å². The standard InChI is InChI=1S/C20H28N2O/c1-14(2)22-10-8-20-7-4-9-21(3)19(18(20)13-22)11-15-5-6-16(23)12-17(15)20/h5-6,12,18-19,23H,1,4,7-11,13H2,2-3H3/t18-,19+,20+/m0/s1. The van der Waals surface area contributed by atoms with E-state index in [1.165, 1.54) is 42.6 Å². The molecule has 1 aromatic carbocycles. The van der Waals surface area contributed by atoms with E-state index in [2.05, 4.69) is 42.5 Å².